The predicted molar refractivity (Wildman–Crippen MR) is 237 cm³/mol. The van der Waals surface area contributed by atoms with Crippen LogP contribution in [0.15, 0.2) is 60.8 Å². The van der Waals surface area contributed by atoms with Crippen LogP contribution in [0.4, 0.5) is 0 Å². The van der Waals surface area contributed by atoms with E-state index in [0.717, 1.165) is 51.4 Å². The standard InChI is InChI=1S/C44H78O15P2/c1-3-5-7-9-11-12-13-14-15-16-17-18-19-21-27-33-43(48)55-37-42(38-58-61(53,54)57-36-41(47)35-56-60(50,51)52)59-44(49)34-28-32-40(46)31-26-23-22-25-30-39(45)29-24-20-10-8-6-4-2/h12-13,20,22-26,30-31,39-42,45-47H,3-11,14-19,21,27-29,32-38H2,1-2H3,(H,53,54)(H2,50,51,52)/b13-12-,23-22+,24-20-,30-25+,31-26-/t39-,40-,41-,42+/m0/s1. The van der Waals surface area contributed by atoms with Crippen molar-refractivity contribution in [3.05, 3.63) is 60.8 Å². The maximum atomic E-state index is 12.7. The number of carbonyl (C=O) groups is 2. The van der Waals surface area contributed by atoms with Crippen LogP contribution in [0.25, 0.3) is 0 Å². The second-order valence-electron chi connectivity index (χ2n) is 15.0. The third-order valence-electron chi connectivity index (χ3n) is 9.06. The van der Waals surface area contributed by atoms with E-state index in [1.165, 1.54) is 51.4 Å². The second kappa shape index (κ2) is 39.3. The number of hydrogen-bond donors (Lipinski definition) is 6. The molecule has 0 heterocycles. The molecule has 0 aliphatic heterocycles. The number of ether oxygens (including phenoxy) is 2. The van der Waals surface area contributed by atoms with Gasteiger partial charge in [-0.25, -0.2) is 9.13 Å². The summed E-state index contributed by atoms with van der Waals surface area (Å²) in [5, 5.41) is 30.1. The van der Waals surface area contributed by atoms with Crippen molar-refractivity contribution in [2.24, 2.45) is 0 Å². The van der Waals surface area contributed by atoms with Crippen molar-refractivity contribution in [3.63, 3.8) is 0 Å². The van der Waals surface area contributed by atoms with Gasteiger partial charge in [-0.3, -0.25) is 23.2 Å². The molecule has 0 rings (SSSR count). The van der Waals surface area contributed by atoms with Crippen LogP contribution in [0, 0.1) is 0 Å². The fourth-order valence-corrected chi connectivity index (χ4v) is 6.75. The van der Waals surface area contributed by atoms with Gasteiger partial charge in [0.2, 0.25) is 0 Å². The molecule has 0 aliphatic carbocycles. The molecule has 0 aromatic heterocycles. The number of phosphoric acid groups is 2. The Balaban J connectivity index is 4.78. The van der Waals surface area contributed by atoms with Crippen LogP contribution in [0.5, 0.6) is 0 Å². The molecule has 0 spiro atoms. The van der Waals surface area contributed by atoms with Crippen molar-refractivity contribution < 1.29 is 71.8 Å². The van der Waals surface area contributed by atoms with Crippen molar-refractivity contribution in [3.8, 4) is 0 Å². The first-order valence-corrected chi connectivity index (χ1v) is 25.2. The van der Waals surface area contributed by atoms with Crippen molar-refractivity contribution >= 4 is 27.6 Å². The SMILES string of the molecule is CCCCC/C=C\C[C@H](O)/C=C/C=C/C=C\[C@H](O)CCCC(=O)O[C@H](COC(=O)CCCCCCCCC/C=C\CCCCCC)COP(=O)(O)OC[C@@H](O)COP(=O)(O)O. The monoisotopic (exact) mass is 908 g/mol. The molecule has 0 aromatic rings. The summed E-state index contributed by atoms with van der Waals surface area (Å²) in [6, 6.07) is 0. The smallest absolute Gasteiger partial charge is 0.462 e. The highest BCUT2D eigenvalue weighted by atomic mass is 31.2. The summed E-state index contributed by atoms with van der Waals surface area (Å²) in [4.78, 5) is 52.7. The molecular formula is C44H78O15P2. The van der Waals surface area contributed by atoms with E-state index in [0.29, 0.717) is 12.8 Å². The molecule has 15 nitrogen and oxygen atoms in total. The topological polar surface area (TPSA) is 236 Å². The number of phosphoric ester groups is 2. The summed E-state index contributed by atoms with van der Waals surface area (Å²) >= 11 is 0. The van der Waals surface area contributed by atoms with Crippen LogP contribution in [0.2, 0.25) is 0 Å². The number of unbranched alkanes of at least 4 members (excludes halogenated alkanes) is 14. The average molecular weight is 909 g/mol. The third-order valence-corrected chi connectivity index (χ3v) is 10.5. The molecular weight excluding hydrogens is 830 g/mol. The molecule has 354 valence electrons. The Morgan fingerprint density at radius 3 is 1.66 bits per heavy atom. The molecule has 0 radical (unpaired) electrons. The number of allylic oxidation sites excluding steroid dienone is 7. The van der Waals surface area contributed by atoms with Crippen molar-refractivity contribution in [1.82, 2.24) is 0 Å². The van der Waals surface area contributed by atoms with Gasteiger partial charge in [0.1, 0.15) is 12.7 Å². The van der Waals surface area contributed by atoms with Crippen LogP contribution >= 0.6 is 15.6 Å². The van der Waals surface area contributed by atoms with E-state index >= 15 is 0 Å². The molecule has 0 saturated heterocycles. The Morgan fingerprint density at radius 1 is 0.541 bits per heavy atom. The average Bonchev–Trinajstić information content (AvgIpc) is 3.21. The number of rotatable bonds is 41. The van der Waals surface area contributed by atoms with Crippen LogP contribution in [0.1, 0.15) is 155 Å². The Morgan fingerprint density at radius 2 is 1.03 bits per heavy atom. The van der Waals surface area contributed by atoms with Gasteiger partial charge in [-0.1, -0.05) is 139 Å². The van der Waals surface area contributed by atoms with E-state index in [1.54, 1.807) is 36.5 Å². The Labute approximate surface area is 365 Å². The summed E-state index contributed by atoms with van der Waals surface area (Å²) in [7, 11) is -9.77. The van der Waals surface area contributed by atoms with E-state index in [-0.39, 0.29) is 25.7 Å². The number of hydrogen-bond acceptors (Lipinski definition) is 12. The van der Waals surface area contributed by atoms with Crippen LogP contribution in [-0.2, 0) is 41.8 Å². The quantitative estimate of drug-likeness (QED) is 0.0110. The third kappa shape index (κ3) is 42.8. The molecule has 0 bridgehead atoms. The molecule has 5 atom stereocenters. The summed E-state index contributed by atoms with van der Waals surface area (Å²) in [6.45, 7) is 1.40. The van der Waals surface area contributed by atoms with Crippen molar-refractivity contribution in [2.75, 3.05) is 26.4 Å². The van der Waals surface area contributed by atoms with E-state index in [1.807, 2.05) is 6.08 Å². The highest BCUT2D eigenvalue weighted by molar-refractivity contribution is 7.47. The van der Waals surface area contributed by atoms with E-state index in [9.17, 15) is 38.9 Å². The first kappa shape index (κ1) is 58.7. The zero-order chi connectivity index (χ0) is 45.5. The molecule has 0 aromatic carbocycles. The minimum absolute atomic E-state index is 0.131. The second-order valence-corrected chi connectivity index (χ2v) is 17.7. The Bertz CT molecular complexity index is 1340. The maximum Gasteiger partial charge on any atom is 0.472 e. The van der Waals surface area contributed by atoms with Gasteiger partial charge in [-0.2, -0.15) is 0 Å². The maximum absolute atomic E-state index is 12.7. The van der Waals surface area contributed by atoms with Crippen LogP contribution in [-0.4, -0.2) is 92.8 Å². The van der Waals surface area contributed by atoms with Crippen LogP contribution in [0.3, 0.4) is 0 Å². The highest BCUT2D eigenvalue weighted by Gasteiger charge is 2.28. The fraction of sp³-hybridized carbons (Fsp3) is 0.727. The lowest BCUT2D eigenvalue weighted by Crippen LogP contribution is -2.30. The van der Waals surface area contributed by atoms with E-state index in [4.69, 9.17) is 23.8 Å². The molecule has 6 N–H and O–H groups in total. The Kier molecular flexibility index (Phi) is 37.9. The number of aliphatic hydroxyl groups excluding tert-OH is 3. The summed E-state index contributed by atoms with van der Waals surface area (Å²) < 4.78 is 47.6. The van der Waals surface area contributed by atoms with Crippen molar-refractivity contribution in [1.29, 1.82) is 0 Å². The lowest BCUT2D eigenvalue weighted by Gasteiger charge is -2.20. The lowest BCUT2D eigenvalue weighted by atomic mass is 10.1. The van der Waals surface area contributed by atoms with E-state index < -0.39 is 78.4 Å². The van der Waals surface area contributed by atoms with E-state index in [2.05, 4.69) is 41.1 Å². The Hall–Kier alpha value is -2.26. The first-order valence-electron chi connectivity index (χ1n) is 22.2. The molecule has 0 saturated carbocycles. The molecule has 1 unspecified atom stereocenters. The molecule has 0 aliphatic rings. The van der Waals surface area contributed by atoms with Gasteiger partial charge in [0.25, 0.3) is 0 Å². The van der Waals surface area contributed by atoms with Gasteiger partial charge in [-0.15, -0.1) is 0 Å². The zero-order valence-corrected chi connectivity index (χ0v) is 38.5. The van der Waals surface area contributed by atoms with Gasteiger partial charge in [0.15, 0.2) is 6.10 Å². The number of aliphatic hydroxyl groups is 3. The summed E-state index contributed by atoms with van der Waals surface area (Å²) in [6.07, 6.45) is 34.1. The largest absolute Gasteiger partial charge is 0.472 e. The molecule has 0 amide bonds. The van der Waals surface area contributed by atoms with Gasteiger partial charge < -0.3 is 39.5 Å². The minimum atomic E-state index is -4.90. The number of esters is 2. The lowest BCUT2D eigenvalue weighted by molar-refractivity contribution is -0.161. The minimum Gasteiger partial charge on any atom is -0.462 e. The summed E-state index contributed by atoms with van der Waals surface area (Å²) in [5.41, 5.74) is 0. The van der Waals surface area contributed by atoms with Crippen molar-refractivity contribution in [2.45, 2.75) is 180 Å². The van der Waals surface area contributed by atoms with Crippen LogP contribution < -0.4 is 0 Å². The number of carbonyl (C=O) groups excluding carboxylic acids is 2. The van der Waals surface area contributed by atoms with Gasteiger partial charge in [0.05, 0.1) is 32.0 Å². The van der Waals surface area contributed by atoms with Gasteiger partial charge >= 0.3 is 27.6 Å². The van der Waals surface area contributed by atoms with Gasteiger partial charge in [-0.05, 0) is 64.2 Å². The predicted octanol–water partition coefficient (Wildman–Crippen LogP) is 9.17. The fourth-order valence-electron chi connectivity index (χ4n) is 5.59. The molecule has 17 heteroatoms. The molecule has 0 fully saturated rings. The first-order chi connectivity index (χ1) is 29.2. The zero-order valence-electron chi connectivity index (χ0n) is 36.7. The summed E-state index contributed by atoms with van der Waals surface area (Å²) in [5.74, 6) is -1.28. The van der Waals surface area contributed by atoms with Gasteiger partial charge in [0, 0.05) is 12.8 Å². The highest BCUT2D eigenvalue weighted by Crippen LogP contribution is 2.43. The molecule has 61 heavy (non-hydrogen) atoms. The normalized spacial score (nSPS) is 15.6.